The summed E-state index contributed by atoms with van der Waals surface area (Å²) in [5.41, 5.74) is 1.36. The average molecular weight is 351 g/mol. The fourth-order valence-corrected chi connectivity index (χ4v) is 4.23. The number of carbonyl (C=O) groups excluding carboxylic acids is 1. The Bertz CT molecular complexity index is 686. The molecule has 2 aliphatic rings. The largest absolute Gasteiger partial charge is 0.337 e. The topological polar surface area (TPSA) is 78.5 Å². The zero-order chi connectivity index (χ0) is 17.2. The number of hydrogen-bond donors (Lipinski definition) is 2. The van der Waals surface area contributed by atoms with Gasteiger partial charge in [-0.05, 0) is 31.2 Å². The third-order valence-electron chi connectivity index (χ3n) is 4.91. The van der Waals surface area contributed by atoms with E-state index >= 15 is 0 Å². The first kappa shape index (κ1) is 17.2. The Morgan fingerprint density at radius 2 is 2.00 bits per heavy atom. The maximum atomic E-state index is 12.5. The summed E-state index contributed by atoms with van der Waals surface area (Å²) in [6, 6.07) is 10.0. The number of hydrogen-bond acceptors (Lipinski definition) is 3. The predicted molar refractivity (Wildman–Crippen MR) is 93.3 cm³/mol. The molecule has 1 atom stereocenters. The molecule has 0 radical (unpaired) electrons. The fourth-order valence-electron chi connectivity index (χ4n) is 3.43. The first-order valence-electron chi connectivity index (χ1n) is 8.44. The number of nitrogens with one attached hydrogen (secondary N) is 2. The van der Waals surface area contributed by atoms with Crippen molar-refractivity contribution in [2.45, 2.75) is 37.1 Å². The average Bonchev–Trinajstić information content (AvgIpc) is 3.33. The Balaban J connectivity index is 1.54. The lowest BCUT2D eigenvalue weighted by Gasteiger charge is -2.33. The van der Waals surface area contributed by atoms with Gasteiger partial charge >= 0.3 is 6.03 Å². The van der Waals surface area contributed by atoms with Gasteiger partial charge in [-0.25, -0.2) is 17.9 Å². The molecule has 1 aliphatic carbocycles. The molecular weight excluding hydrogens is 326 g/mol. The Morgan fingerprint density at radius 1 is 1.29 bits per heavy atom. The predicted octanol–water partition coefficient (Wildman–Crippen LogP) is 1.44. The standard InChI is InChI=1S/C17H25N3O3S/c1-24(22,23)19-15-8-5-11-20(12-15)16(21)18-13-17(9-10-17)14-6-3-2-4-7-14/h2-4,6-7,15,19H,5,8-13H2,1H3,(H,18,21)/t15-/m0/s1. The lowest BCUT2D eigenvalue weighted by Crippen LogP contribution is -2.52. The molecule has 1 aromatic rings. The summed E-state index contributed by atoms with van der Waals surface area (Å²) in [7, 11) is -3.24. The van der Waals surface area contributed by atoms with Crippen LogP contribution in [-0.2, 0) is 15.4 Å². The van der Waals surface area contributed by atoms with Gasteiger partial charge in [0.2, 0.25) is 10.0 Å². The van der Waals surface area contributed by atoms with Crippen molar-refractivity contribution in [2.75, 3.05) is 25.9 Å². The van der Waals surface area contributed by atoms with Crippen molar-refractivity contribution in [3.05, 3.63) is 35.9 Å². The van der Waals surface area contributed by atoms with Crippen LogP contribution in [0.5, 0.6) is 0 Å². The van der Waals surface area contributed by atoms with Crippen LogP contribution in [-0.4, -0.2) is 51.3 Å². The minimum absolute atomic E-state index is 0.0805. The highest BCUT2D eigenvalue weighted by atomic mass is 32.2. The lowest BCUT2D eigenvalue weighted by molar-refractivity contribution is 0.176. The summed E-state index contributed by atoms with van der Waals surface area (Å²) in [5.74, 6) is 0. The van der Waals surface area contributed by atoms with Crippen LogP contribution in [0.25, 0.3) is 0 Å². The van der Waals surface area contributed by atoms with E-state index in [4.69, 9.17) is 0 Å². The quantitative estimate of drug-likeness (QED) is 0.843. The molecule has 132 valence electrons. The third kappa shape index (κ3) is 4.27. The number of sulfonamides is 1. The third-order valence-corrected chi connectivity index (χ3v) is 5.67. The van der Waals surface area contributed by atoms with Crippen LogP contribution < -0.4 is 10.0 Å². The van der Waals surface area contributed by atoms with Crippen LogP contribution in [0.1, 0.15) is 31.2 Å². The number of likely N-dealkylation sites (tertiary alicyclic amines) is 1. The smallest absolute Gasteiger partial charge is 0.317 e. The number of carbonyl (C=O) groups is 1. The van der Waals surface area contributed by atoms with E-state index in [0.29, 0.717) is 19.6 Å². The molecule has 1 heterocycles. The van der Waals surface area contributed by atoms with Gasteiger partial charge in [-0.2, -0.15) is 0 Å². The van der Waals surface area contributed by atoms with Gasteiger partial charge in [-0.15, -0.1) is 0 Å². The molecule has 7 heteroatoms. The molecule has 24 heavy (non-hydrogen) atoms. The van der Waals surface area contributed by atoms with Crippen molar-refractivity contribution in [3.63, 3.8) is 0 Å². The van der Waals surface area contributed by atoms with Crippen molar-refractivity contribution in [1.82, 2.24) is 14.9 Å². The minimum Gasteiger partial charge on any atom is -0.337 e. The zero-order valence-corrected chi connectivity index (χ0v) is 14.8. The summed E-state index contributed by atoms with van der Waals surface area (Å²) in [6.07, 6.45) is 4.92. The molecule has 3 rings (SSSR count). The number of amides is 2. The summed E-state index contributed by atoms with van der Waals surface area (Å²) in [6.45, 7) is 1.74. The Hall–Kier alpha value is -1.60. The second kappa shape index (κ2) is 6.72. The summed E-state index contributed by atoms with van der Waals surface area (Å²) >= 11 is 0. The molecule has 1 saturated heterocycles. The van der Waals surface area contributed by atoms with Gasteiger partial charge in [-0.1, -0.05) is 30.3 Å². The molecule has 2 fully saturated rings. The van der Waals surface area contributed by atoms with Gasteiger partial charge in [0.15, 0.2) is 0 Å². The van der Waals surface area contributed by atoms with Crippen LogP contribution >= 0.6 is 0 Å². The summed E-state index contributed by atoms with van der Waals surface area (Å²) in [5, 5.41) is 3.05. The minimum atomic E-state index is -3.24. The van der Waals surface area contributed by atoms with Gasteiger partial charge in [-0.3, -0.25) is 0 Å². The van der Waals surface area contributed by atoms with E-state index in [1.54, 1.807) is 4.90 Å². The van der Waals surface area contributed by atoms with Crippen molar-refractivity contribution in [2.24, 2.45) is 0 Å². The Kier molecular flexibility index (Phi) is 4.83. The van der Waals surface area contributed by atoms with Crippen molar-refractivity contribution >= 4 is 16.1 Å². The molecule has 2 N–H and O–H groups in total. The first-order chi connectivity index (χ1) is 11.4. The molecule has 1 aliphatic heterocycles. The van der Waals surface area contributed by atoms with E-state index in [2.05, 4.69) is 22.2 Å². The Morgan fingerprint density at radius 3 is 2.62 bits per heavy atom. The fraction of sp³-hybridized carbons (Fsp3) is 0.588. The number of nitrogens with zero attached hydrogens (tertiary/aromatic N) is 1. The maximum Gasteiger partial charge on any atom is 0.317 e. The monoisotopic (exact) mass is 351 g/mol. The van der Waals surface area contributed by atoms with E-state index < -0.39 is 10.0 Å². The van der Waals surface area contributed by atoms with Crippen LogP contribution in [0.3, 0.4) is 0 Å². The second-order valence-electron chi connectivity index (χ2n) is 6.98. The van der Waals surface area contributed by atoms with Gasteiger partial charge < -0.3 is 10.2 Å². The number of benzene rings is 1. The highest BCUT2D eigenvalue weighted by Gasteiger charge is 2.44. The molecule has 0 unspecified atom stereocenters. The Labute approximate surface area is 143 Å². The molecule has 1 aromatic carbocycles. The van der Waals surface area contributed by atoms with Crippen molar-refractivity contribution in [1.29, 1.82) is 0 Å². The van der Waals surface area contributed by atoms with E-state index in [-0.39, 0.29) is 17.5 Å². The van der Waals surface area contributed by atoms with Crippen LogP contribution in [0, 0.1) is 0 Å². The maximum absolute atomic E-state index is 12.5. The molecule has 6 nitrogen and oxygen atoms in total. The van der Waals surface area contributed by atoms with Crippen LogP contribution in [0.15, 0.2) is 30.3 Å². The lowest BCUT2D eigenvalue weighted by atomic mass is 9.96. The van der Waals surface area contributed by atoms with Crippen molar-refractivity contribution < 1.29 is 13.2 Å². The summed E-state index contributed by atoms with van der Waals surface area (Å²) in [4.78, 5) is 14.2. The summed E-state index contributed by atoms with van der Waals surface area (Å²) < 4.78 is 25.3. The van der Waals surface area contributed by atoms with Gasteiger partial charge in [0.05, 0.1) is 6.26 Å². The van der Waals surface area contributed by atoms with Crippen molar-refractivity contribution in [3.8, 4) is 0 Å². The second-order valence-corrected chi connectivity index (χ2v) is 8.76. The molecular formula is C17H25N3O3S. The SMILES string of the molecule is CS(=O)(=O)N[C@H]1CCCN(C(=O)NCC2(c3ccccc3)CC2)C1. The molecule has 0 bridgehead atoms. The van der Waals surface area contributed by atoms with Crippen LogP contribution in [0.2, 0.25) is 0 Å². The van der Waals surface area contributed by atoms with E-state index in [9.17, 15) is 13.2 Å². The van der Waals surface area contributed by atoms with Gasteiger partial charge in [0.1, 0.15) is 0 Å². The zero-order valence-electron chi connectivity index (χ0n) is 14.0. The van der Waals surface area contributed by atoms with Gasteiger partial charge in [0, 0.05) is 31.1 Å². The van der Waals surface area contributed by atoms with E-state index in [0.717, 1.165) is 31.9 Å². The highest BCUT2D eigenvalue weighted by Crippen LogP contribution is 2.47. The molecule has 2 amide bonds. The first-order valence-corrected chi connectivity index (χ1v) is 10.3. The normalized spacial score (nSPS) is 22.9. The van der Waals surface area contributed by atoms with Gasteiger partial charge in [0.25, 0.3) is 0 Å². The molecule has 0 spiro atoms. The molecule has 0 aromatic heterocycles. The van der Waals surface area contributed by atoms with E-state index in [1.165, 1.54) is 5.56 Å². The number of piperidine rings is 1. The van der Waals surface area contributed by atoms with Crippen LogP contribution in [0.4, 0.5) is 4.79 Å². The molecule has 1 saturated carbocycles. The van der Waals surface area contributed by atoms with E-state index in [1.807, 2.05) is 18.2 Å². The number of rotatable bonds is 5. The highest BCUT2D eigenvalue weighted by molar-refractivity contribution is 7.88. The number of urea groups is 1.